The minimum atomic E-state index is -0.206. The summed E-state index contributed by atoms with van der Waals surface area (Å²) in [5, 5.41) is 11.8. The number of rotatable bonds is 7. The number of para-hydroxylation sites is 1. The van der Waals surface area contributed by atoms with Crippen molar-refractivity contribution in [3.63, 3.8) is 0 Å². The molecule has 1 aliphatic rings. The van der Waals surface area contributed by atoms with Crippen molar-refractivity contribution in [1.82, 2.24) is 15.5 Å². The van der Waals surface area contributed by atoms with E-state index < -0.39 is 0 Å². The van der Waals surface area contributed by atoms with Gasteiger partial charge in [-0.15, -0.1) is 11.3 Å². The van der Waals surface area contributed by atoms with Gasteiger partial charge in [0, 0.05) is 18.9 Å². The summed E-state index contributed by atoms with van der Waals surface area (Å²) in [5.41, 5.74) is 0.989. The lowest BCUT2D eigenvalue weighted by atomic mass is 10.1. The number of carbonyl (C=O) groups excluding carboxylic acids is 2. The lowest BCUT2D eigenvalue weighted by Gasteiger charge is -2.15. The van der Waals surface area contributed by atoms with E-state index in [1.807, 2.05) is 17.5 Å². The summed E-state index contributed by atoms with van der Waals surface area (Å²) in [7, 11) is 0. The maximum absolute atomic E-state index is 12.6. The predicted molar refractivity (Wildman–Crippen MR) is 111 cm³/mol. The van der Waals surface area contributed by atoms with Crippen molar-refractivity contribution in [2.24, 2.45) is 0 Å². The summed E-state index contributed by atoms with van der Waals surface area (Å²) in [5.74, 6) is 0.590. The molecule has 8 heteroatoms. The van der Waals surface area contributed by atoms with Crippen LogP contribution < -0.4 is 10.6 Å². The van der Waals surface area contributed by atoms with Crippen LogP contribution in [0, 0.1) is 0 Å². The summed E-state index contributed by atoms with van der Waals surface area (Å²) < 4.78 is 5.23. The van der Waals surface area contributed by atoms with Gasteiger partial charge in [0.15, 0.2) is 0 Å². The number of thiophene rings is 1. The van der Waals surface area contributed by atoms with E-state index in [1.54, 1.807) is 24.3 Å². The van der Waals surface area contributed by atoms with Gasteiger partial charge in [0.25, 0.3) is 5.91 Å². The Balaban J connectivity index is 1.34. The second-order valence-corrected chi connectivity index (χ2v) is 7.99. The first-order valence-corrected chi connectivity index (χ1v) is 10.6. The van der Waals surface area contributed by atoms with E-state index in [0.717, 1.165) is 30.6 Å². The van der Waals surface area contributed by atoms with Gasteiger partial charge in [-0.05, 0) is 36.4 Å². The summed E-state index contributed by atoms with van der Waals surface area (Å²) in [6.07, 6.45) is 4.83. The number of carbonyl (C=O) groups is 2. The third-order valence-electron chi connectivity index (χ3n) is 4.91. The fourth-order valence-electron chi connectivity index (χ4n) is 3.42. The first-order valence-electron chi connectivity index (χ1n) is 9.75. The smallest absolute Gasteiger partial charge is 0.253 e. The minimum absolute atomic E-state index is 0.148. The van der Waals surface area contributed by atoms with Crippen LogP contribution in [0.3, 0.4) is 0 Å². The van der Waals surface area contributed by atoms with Gasteiger partial charge in [0.2, 0.25) is 17.6 Å². The quantitative estimate of drug-likeness (QED) is 0.613. The fourth-order valence-corrected chi connectivity index (χ4v) is 4.07. The second-order valence-electron chi connectivity index (χ2n) is 7.04. The molecular weight excluding hydrogens is 388 g/mol. The summed E-state index contributed by atoms with van der Waals surface area (Å²) in [6, 6.07) is 11.1. The fraction of sp³-hybridized carbons (Fsp3) is 0.333. The van der Waals surface area contributed by atoms with Crippen LogP contribution in [-0.2, 0) is 11.2 Å². The summed E-state index contributed by atoms with van der Waals surface area (Å²) >= 11 is 1.53. The highest BCUT2D eigenvalue weighted by atomic mass is 32.1. The van der Waals surface area contributed by atoms with Crippen LogP contribution in [0.1, 0.15) is 48.4 Å². The van der Waals surface area contributed by atoms with Gasteiger partial charge < -0.3 is 15.2 Å². The lowest BCUT2D eigenvalue weighted by Crippen LogP contribution is -2.33. The average molecular weight is 410 g/mol. The Morgan fingerprint density at radius 1 is 1.14 bits per heavy atom. The standard InChI is InChI=1S/C21H22N4O3S/c26-18(11-12-19-24-20(25-28-19)17-10-5-13-29-17)23-16-9-4-3-8-15(16)21(27)22-14-6-1-2-7-14/h3-5,8-10,13-14H,1-2,6-7,11-12H2,(H,22,27)(H,23,26). The second kappa shape index (κ2) is 9.00. The van der Waals surface area contributed by atoms with Gasteiger partial charge in [0.1, 0.15) is 0 Å². The zero-order chi connectivity index (χ0) is 20.1. The van der Waals surface area contributed by atoms with E-state index in [0.29, 0.717) is 29.4 Å². The van der Waals surface area contributed by atoms with E-state index in [1.165, 1.54) is 11.3 Å². The van der Waals surface area contributed by atoms with Crippen LogP contribution in [0.4, 0.5) is 5.69 Å². The first-order chi connectivity index (χ1) is 14.2. The molecule has 2 heterocycles. The molecule has 0 bridgehead atoms. The molecule has 0 radical (unpaired) electrons. The number of amides is 2. The topological polar surface area (TPSA) is 97.1 Å². The van der Waals surface area contributed by atoms with E-state index in [9.17, 15) is 9.59 Å². The van der Waals surface area contributed by atoms with Gasteiger partial charge in [0.05, 0.1) is 16.1 Å². The van der Waals surface area contributed by atoms with Crippen molar-refractivity contribution in [3.8, 4) is 10.7 Å². The molecular formula is C21H22N4O3S. The van der Waals surface area contributed by atoms with Crippen LogP contribution in [0.2, 0.25) is 0 Å². The molecule has 0 saturated heterocycles. The van der Waals surface area contributed by atoms with Gasteiger partial charge >= 0.3 is 0 Å². The zero-order valence-corrected chi connectivity index (χ0v) is 16.7. The summed E-state index contributed by atoms with van der Waals surface area (Å²) in [6.45, 7) is 0. The lowest BCUT2D eigenvalue weighted by molar-refractivity contribution is -0.116. The van der Waals surface area contributed by atoms with Crippen LogP contribution in [0.15, 0.2) is 46.3 Å². The van der Waals surface area contributed by atoms with Crippen molar-refractivity contribution in [2.75, 3.05) is 5.32 Å². The normalized spacial score (nSPS) is 14.1. The number of aromatic nitrogens is 2. The molecule has 0 atom stereocenters. The molecule has 3 aromatic rings. The molecule has 1 fully saturated rings. The maximum Gasteiger partial charge on any atom is 0.253 e. The van der Waals surface area contributed by atoms with E-state index in [4.69, 9.17) is 4.52 Å². The number of anilines is 1. The van der Waals surface area contributed by atoms with Crippen molar-refractivity contribution >= 4 is 28.8 Å². The van der Waals surface area contributed by atoms with Crippen molar-refractivity contribution in [2.45, 2.75) is 44.6 Å². The Bertz CT molecular complexity index is 977. The highest BCUT2D eigenvalue weighted by Crippen LogP contribution is 2.22. The van der Waals surface area contributed by atoms with E-state index in [-0.39, 0.29) is 24.3 Å². The third kappa shape index (κ3) is 4.89. The molecule has 2 N–H and O–H groups in total. The van der Waals surface area contributed by atoms with Crippen LogP contribution in [0.25, 0.3) is 10.7 Å². The molecule has 1 saturated carbocycles. The number of hydrogen-bond acceptors (Lipinski definition) is 6. The molecule has 2 aromatic heterocycles. The number of nitrogens with one attached hydrogen (secondary N) is 2. The molecule has 29 heavy (non-hydrogen) atoms. The van der Waals surface area contributed by atoms with Crippen LogP contribution in [-0.4, -0.2) is 28.0 Å². The average Bonchev–Trinajstić information content (AvgIpc) is 3.48. The number of benzene rings is 1. The molecule has 2 amide bonds. The number of aryl methyl sites for hydroxylation is 1. The monoisotopic (exact) mass is 410 g/mol. The predicted octanol–water partition coefficient (Wildman–Crippen LogP) is 4.04. The Labute approximate surface area is 172 Å². The SMILES string of the molecule is O=C(CCc1nc(-c2cccs2)no1)Nc1ccccc1C(=O)NC1CCCC1. The molecule has 1 aliphatic carbocycles. The zero-order valence-electron chi connectivity index (χ0n) is 15.9. The molecule has 0 unspecified atom stereocenters. The van der Waals surface area contributed by atoms with Crippen molar-refractivity contribution in [1.29, 1.82) is 0 Å². The van der Waals surface area contributed by atoms with E-state index in [2.05, 4.69) is 20.8 Å². The molecule has 7 nitrogen and oxygen atoms in total. The van der Waals surface area contributed by atoms with Crippen molar-refractivity contribution in [3.05, 3.63) is 53.2 Å². The Morgan fingerprint density at radius 2 is 1.97 bits per heavy atom. The van der Waals surface area contributed by atoms with E-state index >= 15 is 0 Å². The molecule has 1 aromatic carbocycles. The minimum Gasteiger partial charge on any atom is -0.349 e. The largest absolute Gasteiger partial charge is 0.349 e. The van der Waals surface area contributed by atoms with Gasteiger partial charge in [-0.2, -0.15) is 4.98 Å². The van der Waals surface area contributed by atoms with Crippen LogP contribution in [0.5, 0.6) is 0 Å². The highest BCUT2D eigenvalue weighted by Gasteiger charge is 2.20. The molecule has 0 spiro atoms. The molecule has 0 aliphatic heterocycles. The van der Waals surface area contributed by atoms with Crippen molar-refractivity contribution < 1.29 is 14.1 Å². The van der Waals surface area contributed by atoms with Gasteiger partial charge in [-0.3, -0.25) is 9.59 Å². The van der Waals surface area contributed by atoms with Gasteiger partial charge in [-0.25, -0.2) is 0 Å². The Kier molecular flexibility index (Phi) is 6.00. The van der Waals surface area contributed by atoms with Crippen LogP contribution >= 0.6 is 11.3 Å². The highest BCUT2D eigenvalue weighted by molar-refractivity contribution is 7.13. The number of hydrogen-bond donors (Lipinski definition) is 2. The first kappa shape index (κ1) is 19.3. The molecule has 150 valence electrons. The number of nitrogens with zero attached hydrogens (tertiary/aromatic N) is 2. The maximum atomic E-state index is 12.6. The summed E-state index contributed by atoms with van der Waals surface area (Å²) in [4.78, 5) is 30.3. The molecule has 4 rings (SSSR count). The Hall–Kier alpha value is -3.00. The Morgan fingerprint density at radius 3 is 2.76 bits per heavy atom. The third-order valence-corrected chi connectivity index (χ3v) is 5.78. The van der Waals surface area contributed by atoms with Gasteiger partial charge in [-0.1, -0.05) is 36.2 Å².